The molecule has 0 spiro atoms. The summed E-state index contributed by atoms with van der Waals surface area (Å²) >= 11 is 0. The van der Waals surface area contributed by atoms with Gasteiger partial charge in [-0.25, -0.2) is 4.79 Å². The number of aliphatic hydroxyl groups excluding tert-OH is 1. The highest BCUT2D eigenvalue weighted by Crippen LogP contribution is 2.46. The zero-order valence-electron chi connectivity index (χ0n) is 32.7. The van der Waals surface area contributed by atoms with E-state index in [1.807, 2.05) is 37.3 Å². The number of benzene rings is 3. The number of rotatable bonds is 15. The minimum Gasteiger partial charge on any atom is -0.541 e. The van der Waals surface area contributed by atoms with Gasteiger partial charge in [0.1, 0.15) is 24.1 Å². The molecule has 1 aliphatic carbocycles. The van der Waals surface area contributed by atoms with Crippen molar-refractivity contribution < 1.29 is 33.3 Å². The molecule has 11 heteroatoms. The minimum absolute atomic E-state index is 0.0594. The van der Waals surface area contributed by atoms with E-state index in [4.69, 9.17) is 23.4 Å². The molecule has 3 aromatic rings. The van der Waals surface area contributed by atoms with E-state index in [0.29, 0.717) is 43.4 Å². The highest BCUT2D eigenvalue weighted by molar-refractivity contribution is 6.74. The van der Waals surface area contributed by atoms with Crippen molar-refractivity contribution in [3.63, 3.8) is 0 Å². The number of nitrogens with zero attached hydrogens (tertiary/aromatic N) is 2. The summed E-state index contributed by atoms with van der Waals surface area (Å²) in [5.41, 5.74) is 6.12. The summed E-state index contributed by atoms with van der Waals surface area (Å²) in [6, 6.07) is 19.6. The molecule has 3 atom stereocenters. The third-order valence-electron chi connectivity index (χ3n) is 11.2. The van der Waals surface area contributed by atoms with Crippen LogP contribution in [0.25, 0.3) is 11.1 Å². The van der Waals surface area contributed by atoms with Gasteiger partial charge in [-0.05, 0) is 79.1 Å². The lowest BCUT2D eigenvalue weighted by Crippen LogP contribution is -2.56. The number of fused-ring (bicyclic) bond motifs is 3. The van der Waals surface area contributed by atoms with Crippen molar-refractivity contribution in [1.82, 2.24) is 10.2 Å². The first kappa shape index (κ1) is 40.1. The van der Waals surface area contributed by atoms with E-state index in [-0.39, 0.29) is 36.7 Å². The van der Waals surface area contributed by atoms with E-state index < -0.39 is 26.5 Å². The van der Waals surface area contributed by atoms with Crippen LogP contribution in [0.2, 0.25) is 18.1 Å². The Morgan fingerprint density at radius 2 is 1.70 bits per heavy atom. The van der Waals surface area contributed by atoms with Gasteiger partial charge >= 0.3 is 6.09 Å². The van der Waals surface area contributed by atoms with Crippen molar-refractivity contribution in [2.75, 3.05) is 47.1 Å². The van der Waals surface area contributed by atoms with Crippen molar-refractivity contribution in [3.8, 4) is 34.4 Å². The van der Waals surface area contributed by atoms with Gasteiger partial charge in [0, 0.05) is 36.7 Å². The van der Waals surface area contributed by atoms with Crippen molar-refractivity contribution in [1.29, 1.82) is 5.26 Å². The predicted molar refractivity (Wildman–Crippen MR) is 209 cm³/mol. The molecule has 0 bridgehead atoms. The lowest BCUT2D eigenvalue weighted by atomic mass is 9.95. The lowest BCUT2D eigenvalue weighted by molar-refractivity contribution is -0.0446. The molecule has 2 N–H and O–H groups in total. The Hall–Kier alpha value is -4.08. The number of morpholine rings is 1. The van der Waals surface area contributed by atoms with Crippen LogP contribution < -0.4 is 19.2 Å². The maximum atomic E-state index is 13.9. The van der Waals surface area contributed by atoms with Crippen LogP contribution >= 0.6 is 0 Å². The molecule has 1 amide bonds. The normalized spacial score (nSPS) is 17.2. The number of hydrogen-bond donors (Lipinski definition) is 2. The number of alkyl carbamates (subject to hydrolysis) is 1. The monoisotopic (exact) mass is 743 g/mol. The molecular formula is C42H57N3O7Si. The molecule has 1 aliphatic heterocycles. The van der Waals surface area contributed by atoms with Crippen LogP contribution in [0, 0.1) is 18.3 Å². The van der Waals surface area contributed by atoms with Gasteiger partial charge in [0.05, 0.1) is 39.0 Å². The van der Waals surface area contributed by atoms with E-state index in [9.17, 15) is 15.2 Å². The summed E-state index contributed by atoms with van der Waals surface area (Å²) in [7, 11) is 0.962. The lowest BCUT2D eigenvalue weighted by Gasteiger charge is -2.39. The van der Waals surface area contributed by atoms with Crippen molar-refractivity contribution in [2.45, 2.75) is 95.6 Å². The second-order valence-electron chi connectivity index (χ2n) is 15.6. The van der Waals surface area contributed by atoms with Crippen molar-refractivity contribution in [2.24, 2.45) is 0 Å². The van der Waals surface area contributed by atoms with E-state index in [2.05, 4.69) is 74.4 Å². The smallest absolute Gasteiger partial charge is 0.407 e. The Kier molecular flexibility index (Phi) is 13.1. The quantitative estimate of drug-likeness (QED) is 0.120. The Morgan fingerprint density at radius 3 is 2.28 bits per heavy atom. The largest absolute Gasteiger partial charge is 0.541 e. The molecule has 3 aromatic carbocycles. The Morgan fingerprint density at radius 1 is 1.06 bits per heavy atom. The Balaban J connectivity index is 1.46. The van der Waals surface area contributed by atoms with Gasteiger partial charge in [-0.15, -0.1) is 0 Å². The first-order valence-corrected chi connectivity index (χ1v) is 21.6. The average molecular weight is 744 g/mol. The van der Waals surface area contributed by atoms with Crippen molar-refractivity contribution >= 4 is 14.4 Å². The van der Waals surface area contributed by atoms with Gasteiger partial charge in [0.2, 0.25) is 0 Å². The highest BCUT2D eigenvalue weighted by Gasteiger charge is 2.41. The van der Waals surface area contributed by atoms with Crippen LogP contribution in [0.5, 0.6) is 17.2 Å². The molecule has 5 rings (SSSR count). The van der Waals surface area contributed by atoms with Gasteiger partial charge < -0.3 is 33.8 Å². The molecule has 1 heterocycles. The fourth-order valence-corrected chi connectivity index (χ4v) is 8.37. The molecule has 0 saturated carbocycles. The number of hydrogen-bond acceptors (Lipinski definition) is 9. The standard InChI is InChI=1S/C42H57N3O7Si/c1-28-39(48-5)29(24-38(40(28)49-6)52-53(7,8)42(2,3)4)23-36(37(25-43)45-20-22-50-30(26-45)15-13-14-21-46)44-41(47)51-27-35-33-18-11-9-16-31(33)32-17-10-12-19-34(32)35/h9-12,16-19,24,30,35-37,46H,13-15,20-23,26-27H2,1-8H3,(H,44,47)/t30-,36-,37+/m0/s1. The number of ether oxygens (including phenoxy) is 4. The second-order valence-corrected chi connectivity index (χ2v) is 20.4. The van der Waals surface area contributed by atoms with Crippen LogP contribution in [0.3, 0.4) is 0 Å². The summed E-state index contributed by atoms with van der Waals surface area (Å²) in [5.74, 6) is 1.74. The Bertz CT molecular complexity index is 1720. The van der Waals surface area contributed by atoms with Gasteiger partial charge in [-0.2, -0.15) is 5.26 Å². The Labute approximate surface area is 316 Å². The third-order valence-corrected chi connectivity index (χ3v) is 15.5. The third kappa shape index (κ3) is 9.01. The number of methoxy groups -OCH3 is 2. The zero-order chi connectivity index (χ0) is 38.3. The molecule has 1 saturated heterocycles. The number of nitriles is 1. The van der Waals surface area contributed by atoms with Gasteiger partial charge in [0.25, 0.3) is 8.32 Å². The molecule has 53 heavy (non-hydrogen) atoms. The maximum Gasteiger partial charge on any atom is 0.407 e. The predicted octanol–water partition coefficient (Wildman–Crippen LogP) is 7.60. The van der Waals surface area contributed by atoms with Crippen molar-refractivity contribution in [3.05, 3.63) is 76.9 Å². The topological polar surface area (TPSA) is 123 Å². The molecule has 10 nitrogen and oxygen atoms in total. The molecule has 2 aliphatic rings. The van der Waals surface area contributed by atoms with E-state index in [0.717, 1.165) is 46.2 Å². The first-order chi connectivity index (χ1) is 25.3. The van der Waals surface area contributed by atoms with Gasteiger partial charge in [-0.1, -0.05) is 69.3 Å². The van der Waals surface area contributed by atoms with Crippen LogP contribution in [-0.4, -0.2) is 89.7 Å². The maximum absolute atomic E-state index is 13.9. The molecular weight excluding hydrogens is 687 g/mol. The summed E-state index contributed by atoms with van der Waals surface area (Å²) in [6.07, 6.45) is 1.91. The summed E-state index contributed by atoms with van der Waals surface area (Å²) in [5, 5.41) is 23.2. The second kappa shape index (κ2) is 17.4. The van der Waals surface area contributed by atoms with Crippen LogP contribution in [0.15, 0.2) is 54.6 Å². The number of nitrogens with one attached hydrogen (secondary N) is 1. The molecule has 0 aromatic heterocycles. The van der Waals surface area contributed by atoms with Crippen LogP contribution in [0.4, 0.5) is 4.79 Å². The van der Waals surface area contributed by atoms with Gasteiger partial charge in [0.15, 0.2) is 5.75 Å². The minimum atomic E-state index is -2.29. The molecule has 1 fully saturated rings. The highest BCUT2D eigenvalue weighted by atomic mass is 28.4. The first-order valence-electron chi connectivity index (χ1n) is 18.7. The SMILES string of the molecule is COc1c(C[C@H](NC(=O)OCC2c3ccccc3-c3ccccc32)[C@@H](C#N)N2CCO[C@@H](CCCCO)C2)cc(O[Si](C)(C)C(C)(C)C)c(OC)c1C. The fraction of sp³-hybridized carbons (Fsp3) is 0.524. The summed E-state index contributed by atoms with van der Waals surface area (Å²) in [6.45, 7) is 14.7. The number of carbonyl (C=O) groups excluding carboxylic acids is 1. The molecule has 286 valence electrons. The zero-order valence-corrected chi connectivity index (χ0v) is 33.7. The van der Waals surface area contributed by atoms with E-state index in [1.165, 1.54) is 0 Å². The van der Waals surface area contributed by atoms with E-state index in [1.54, 1.807) is 14.2 Å². The summed E-state index contributed by atoms with van der Waals surface area (Å²) < 4.78 is 30.8. The number of carbonyl (C=O) groups is 1. The summed E-state index contributed by atoms with van der Waals surface area (Å²) in [4.78, 5) is 16.0. The van der Waals surface area contributed by atoms with Crippen LogP contribution in [-0.2, 0) is 15.9 Å². The number of aliphatic hydroxyl groups is 1. The van der Waals surface area contributed by atoms with Gasteiger partial charge in [-0.3, -0.25) is 4.90 Å². The number of amides is 1. The van der Waals surface area contributed by atoms with Crippen LogP contribution in [0.1, 0.15) is 68.2 Å². The molecule has 0 unspecified atom stereocenters. The van der Waals surface area contributed by atoms with E-state index >= 15 is 0 Å². The fourth-order valence-electron chi connectivity index (χ4n) is 7.36. The number of unbranched alkanes of at least 4 members (excludes halogenated alkanes) is 1. The average Bonchev–Trinajstić information content (AvgIpc) is 3.44. The molecule has 0 radical (unpaired) electrons.